The lowest BCUT2D eigenvalue weighted by molar-refractivity contribution is -0.119. The van der Waals surface area contributed by atoms with Gasteiger partial charge in [-0.1, -0.05) is 13.8 Å². The number of primary amides is 1. The van der Waals surface area contributed by atoms with Crippen LogP contribution in [0, 0.1) is 0 Å². The Hall–Kier alpha value is -0.610. The average Bonchev–Trinajstić information content (AvgIpc) is 2.48. The van der Waals surface area contributed by atoms with Crippen molar-refractivity contribution in [3.05, 3.63) is 0 Å². The number of hydrogen-bond donors (Lipinski definition) is 3. The fraction of sp³-hybridized carbons (Fsp3) is 0.889. The van der Waals surface area contributed by atoms with Crippen LogP contribution in [0.5, 0.6) is 0 Å². The third-order valence-corrected chi connectivity index (χ3v) is 2.36. The van der Waals surface area contributed by atoms with Crippen molar-refractivity contribution in [3.63, 3.8) is 0 Å². The second kappa shape index (κ2) is 4.58. The van der Waals surface area contributed by atoms with Gasteiger partial charge in [-0.3, -0.25) is 4.79 Å². The smallest absolute Gasteiger partial charge is 0.234 e. The van der Waals surface area contributed by atoms with Crippen LogP contribution in [-0.2, 0) is 4.79 Å². The van der Waals surface area contributed by atoms with Crippen LogP contribution in [0.15, 0.2) is 0 Å². The van der Waals surface area contributed by atoms with Gasteiger partial charge in [-0.2, -0.15) is 0 Å². The van der Waals surface area contributed by atoms with Crippen LogP contribution in [0.4, 0.5) is 0 Å². The van der Waals surface area contributed by atoms with E-state index in [2.05, 4.69) is 24.5 Å². The lowest BCUT2D eigenvalue weighted by Crippen LogP contribution is -2.44. The highest BCUT2D eigenvalue weighted by Gasteiger charge is 2.26. The van der Waals surface area contributed by atoms with E-state index < -0.39 is 0 Å². The van der Waals surface area contributed by atoms with E-state index in [-0.39, 0.29) is 11.9 Å². The first kappa shape index (κ1) is 10.5. The zero-order valence-corrected chi connectivity index (χ0v) is 8.34. The zero-order chi connectivity index (χ0) is 9.84. The molecule has 0 spiro atoms. The Morgan fingerprint density at radius 3 is 2.77 bits per heavy atom. The molecule has 0 aromatic carbocycles. The maximum Gasteiger partial charge on any atom is 0.234 e. The Labute approximate surface area is 79.3 Å². The largest absolute Gasteiger partial charge is 0.368 e. The summed E-state index contributed by atoms with van der Waals surface area (Å²) in [4.78, 5) is 10.8. The predicted octanol–water partition coefficient (Wildman–Crippen LogP) is -0.410. The summed E-state index contributed by atoms with van der Waals surface area (Å²) in [5, 5.41) is 6.54. The number of carbonyl (C=O) groups excluding carboxylic acids is 1. The molecule has 1 saturated heterocycles. The molecule has 76 valence electrons. The van der Waals surface area contributed by atoms with E-state index in [1.54, 1.807) is 0 Å². The van der Waals surface area contributed by atoms with E-state index in [0.29, 0.717) is 12.1 Å². The van der Waals surface area contributed by atoms with Gasteiger partial charge in [-0.15, -0.1) is 0 Å². The van der Waals surface area contributed by atoms with Crippen LogP contribution < -0.4 is 16.4 Å². The molecular weight excluding hydrogens is 166 g/mol. The molecule has 0 bridgehead atoms. The van der Waals surface area contributed by atoms with E-state index in [9.17, 15) is 4.79 Å². The molecule has 2 atom stereocenters. The molecule has 1 fully saturated rings. The molecule has 0 saturated carbocycles. The van der Waals surface area contributed by atoms with Crippen LogP contribution in [0.25, 0.3) is 0 Å². The topological polar surface area (TPSA) is 67.1 Å². The van der Waals surface area contributed by atoms with Crippen molar-refractivity contribution < 1.29 is 4.79 Å². The molecule has 4 nitrogen and oxygen atoms in total. The van der Waals surface area contributed by atoms with E-state index in [4.69, 9.17) is 5.73 Å². The first-order valence-corrected chi connectivity index (χ1v) is 4.88. The van der Waals surface area contributed by atoms with E-state index in [1.165, 1.54) is 0 Å². The average molecular weight is 185 g/mol. The molecule has 1 aliphatic heterocycles. The number of hydrogen-bond acceptors (Lipinski definition) is 3. The molecule has 0 aromatic rings. The van der Waals surface area contributed by atoms with Gasteiger partial charge in [-0.25, -0.2) is 0 Å². The Morgan fingerprint density at radius 1 is 1.62 bits per heavy atom. The van der Waals surface area contributed by atoms with Gasteiger partial charge < -0.3 is 16.4 Å². The van der Waals surface area contributed by atoms with Gasteiger partial charge >= 0.3 is 0 Å². The van der Waals surface area contributed by atoms with E-state index >= 15 is 0 Å². The molecule has 0 radical (unpaired) electrons. The lowest BCUT2D eigenvalue weighted by Gasteiger charge is -2.15. The minimum atomic E-state index is -0.230. The number of nitrogens with two attached hydrogens (primary N) is 1. The van der Waals surface area contributed by atoms with E-state index in [1.807, 2.05) is 0 Å². The van der Waals surface area contributed by atoms with Crippen molar-refractivity contribution in [3.8, 4) is 0 Å². The van der Waals surface area contributed by atoms with Crippen LogP contribution >= 0.6 is 0 Å². The maximum absolute atomic E-state index is 10.8. The van der Waals surface area contributed by atoms with Gasteiger partial charge in [0.2, 0.25) is 5.91 Å². The second-order valence-electron chi connectivity index (χ2n) is 3.96. The summed E-state index contributed by atoms with van der Waals surface area (Å²) in [6.45, 7) is 5.14. The van der Waals surface area contributed by atoms with Crippen molar-refractivity contribution >= 4 is 5.91 Å². The van der Waals surface area contributed by atoms with Crippen molar-refractivity contribution in [1.82, 2.24) is 10.6 Å². The molecule has 1 aliphatic rings. The normalized spacial score (nSPS) is 28.2. The summed E-state index contributed by atoms with van der Waals surface area (Å²) in [5.74, 6) is -0.230. The first-order valence-electron chi connectivity index (χ1n) is 4.88. The first-order chi connectivity index (χ1) is 6.09. The van der Waals surface area contributed by atoms with Gasteiger partial charge in [-0.05, 0) is 12.8 Å². The minimum Gasteiger partial charge on any atom is -0.368 e. The molecule has 13 heavy (non-hydrogen) atoms. The third kappa shape index (κ3) is 3.32. The summed E-state index contributed by atoms with van der Waals surface area (Å²) in [7, 11) is 0. The van der Waals surface area contributed by atoms with Gasteiger partial charge in [0.05, 0.1) is 6.04 Å². The molecule has 4 heteroatoms. The van der Waals surface area contributed by atoms with Crippen LogP contribution in [0.2, 0.25) is 0 Å². The van der Waals surface area contributed by atoms with Gasteiger partial charge in [0.15, 0.2) is 0 Å². The fourth-order valence-electron chi connectivity index (χ4n) is 1.58. The lowest BCUT2D eigenvalue weighted by atomic mass is 10.2. The highest BCUT2D eigenvalue weighted by atomic mass is 16.1. The Kier molecular flexibility index (Phi) is 3.69. The van der Waals surface area contributed by atoms with Crippen molar-refractivity contribution in [1.29, 1.82) is 0 Å². The van der Waals surface area contributed by atoms with E-state index in [0.717, 1.165) is 19.4 Å². The molecular formula is C9H19N3O. The van der Waals surface area contributed by atoms with Crippen molar-refractivity contribution in [2.75, 3.05) is 6.54 Å². The van der Waals surface area contributed by atoms with Crippen LogP contribution in [-0.4, -0.2) is 30.6 Å². The fourth-order valence-corrected chi connectivity index (χ4v) is 1.58. The Morgan fingerprint density at radius 2 is 2.31 bits per heavy atom. The highest BCUT2D eigenvalue weighted by molar-refractivity contribution is 5.80. The Bertz CT molecular complexity index is 182. The summed E-state index contributed by atoms with van der Waals surface area (Å²) in [6.07, 6.45) is 1.91. The zero-order valence-electron chi connectivity index (χ0n) is 8.34. The number of amides is 1. The van der Waals surface area contributed by atoms with Gasteiger partial charge in [0.1, 0.15) is 0 Å². The summed E-state index contributed by atoms with van der Waals surface area (Å²) >= 11 is 0. The number of nitrogens with one attached hydrogen (secondary N) is 2. The molecule has 0 aromatic heterocycles. The van der Waals surface area contributed by atoms with Crippen molar-refractivity contribution in [2.24, 2.45) is 5.73 Å². The van der Waals surface area contributed by atoms with Crippen molar-refractivity contribution in [2.45, 2.75) is 44.8 Å². The monoisotopic (exact) mass is 185 g/mol. The highest BCUT2D eigenvalue weighted by Crippen LogP contribution is 2.11. The predicted molar refractivity (Wildman–Crippen MR) is 52.3 cm³/mol. The van der Waals surface area contributed by atoms with Crippen LogP contribution in [0.1, 0.15) is 26.7 Å². The minimum absolute atomic E-state index is 0.112. The van der Waals surface area contributed by atoms with Crippen LogP contribution in [0.3, 0.4) is 0 Å². The maximum atomic E-state index is 10.8. The summed E-state index contributed by atoms with van der Waals surface area (Å²) < 4.78 is 0. The SMILES string of the molecule is CC(C)NCC1CCC(C(N)=O)N1. The van der Waals surface area contributed by atoms with Gasteiger partial charge in [0.25, 0.3) is 0 Å². The van der Waals surface area contributed by atoms with Gasteiger partial charge in [0, 0.05) is 18.6 Å². The second-order valence-corrected chi connectivity index (χ2v) is 3.96. The third-order valence-electron chi connectivity index (χ3n) is 2.36. The Balaban J connectivity index is 2.21. The summed E-state index contributed by atoms with van der Waals surface area (Å²) in [5.41, 5.74) is 5.19. The summed E-state index contributed by atoms with van der Waals surface area (Å²) in [6, 6.07) is 0.785. The molecule has 4 N–H and O–H groups in total. The molecule has 1 rings (SSSR count). The number of rotatable bonds is 4. The molecule has 1 amide bonds. The quantitative estimate of drug-likeness (QED) is 0.558. The number of carbonyl (C=O) groups is 1. The standard InChI is InChI=1S/C9H19N3O/c1-6(2)11-5-7-3-4-8(12-7)9(10)13/h6-8,11-12H,3-5H2,1-2H3,(H2,10,13). The molecule has 2 unspecified atom stereocenters. The molecule has 0 aliphatic carbocycles. The molecule has 1 heterocycles.